The second-order valence-corrected chi connectivity index (χ2v) is 3.61. The molecule has 2 rings (SSSR count). The minimum atomic E-state index is 0. The largest absolute Gasteiger partial charge is 0.311 e. The molecule has 0 spiro atoms. The molecule has 0 amide bonds. The van der Waals surface area contributed by atoms with Crippen molar-refractivity contribution in [1.29, 1.82) is 0 Å². The van der Waals surface area contributed by atoms with Gasteiger partial charge >= 0.3 is 0 Å². The summed E-state index contributed by atoms with van der Waals surface area (Å²) in [7, 11) is 0. The number of rotatable bonds is 0. The molecular weight excluding hydrogens is 211 g/mol. The summed E-state index contributed by atoms with van der Waals surface area (Å²) < 4.78 is 0. The van der Waals surface area contributed by atoms with Crippen molar-refractivity contribution < 1.29 is 32.7 Å². The molecule has 1 N–H and O–H groups in total. The number of hydrogen-bond acceptors (Lipinski definition) is 1. The molecule has 0 bridgehead atoms. The van der Waals surface area contributed by atoms with Gasteiger partial charge in [0.05, 0.1) is 0 Å². The van der Waals surface area contributed by atoms with Crippen LogP contribution in [0.2, 0.25) is 0 Å². The molecule has 2 fully saturated rings. The minimum Gasteiger partial charge on any atom is -0.311 e. The Labute approximate surface area is 95.6 Å². The van der Waals surface area contributed by atoms with Gasteiger partial charge < -0.3 is 5.32 Å². The Morgan fingerprint density at radius 1 is 1.27 bits per heavy atom. The van der Waals surface area contributed by atoms with Crippen LogP contribution in [0.1, 0.15) is 40.0 Å². The van der Waals surface area contributed by atoms with Gasteiger partial charge in [-0.3, -0.25) is 0 Å². The van der Waals surface area contributed by atoms with Gasteiger partial charge in [-0.2, -0.15) is 0 Å². The van der Waals surface area contributed by atoms with Gasteiger partial charge in [0.1, 0.15) is 0 Å². The van der Waals surface area contributed by atoms with E-state index in [1.54, 1.807) is 0 Å². The topological polar surface area (TPSA) is 12.0 Å². The summed E-state index contributed by atoms with van der Waals surface area (Å²) in [6, 6.07) is 1.76. The van der Waals surface area contributed by atoms with Gasteiger partial charge in [0.25, 0.3) is 0 Å². The fourth-order valence-electron chi connectivity index (χ4n) is 1.60. The smallest absolute Gasteiger partial charge is 0.0102 e. The SMILES string of the molecule is CC1CC2CC2N1.CCC.[Y]. The van der Waals surface area contributed by atoms with Crippen molar-refractivity contribution in [3.8, 4) is 0 Å². The maximum atomic E-state index is 3.49. The Morgan fingerprint density at radius 3 is 2.00 bits per heavy atom. The van der Waals surface area contributed by atoms with E-state index < -0.39 is 0 Å². The molecule has 2 aliphatic rings. The van der Waals surface area contributed by atoms with Gasteiger partial charge in [0.15, 0.2) is 0 Å². The Morgan fingerprint density at radius 2 is 1.82 bits per heavy atom. The zero-order valence-corrected chi connectivity index (χ0v) is 10.8. The average Bonchev–Trinajstić information content (AvgIpc) is 2.42. The zero-order chi connectivity index (χ0) is 7.56. The molecule has 0 aromatic carbocycles. The quantitative estimate of drug-likeness (QED) is 0.672. The normalized spacial score (nSPS) is 37.9. The van der Waals surface area contributed by atoms with Crippen LogP contribution in [0.25, 0.3) is 0 Å². The monoisotopic (exact) mass is 230 g/mol. The van der Waals surface area contributed by atoms with E-state index in [0.29, 0.717) is 0 Å². The molecule has 0 aromatic rings. The molecule has 1 saturated heterocycles. The molecule has 1 nitrogen and oxygen atoms in total. The first-order chi connectivity index (χ1) is 4.77. The fourth-order valence-corrected chi connectivity index (χ4v) is 1.60. The van der Waals surface area contributed by atoms with Crippen LogP contribution in [0, 0.1) is 5.92 Å². The van der Waals surface area contributed by atoms with E-state index in [9.17, 15) is 0 Å². The molecule has 0 aromatic heterocycles. The maximum Gasteiger partial charge on any atom is 0.0102 e. The van der Waals surface area contributed by atoms with E-state index in [4.69, 9.17) is 0 Å². The first-order valence-corrected chi connectivity index (χ1v) is 4.54. The van der Waals surface area contributed by atoms with Gasteiger partial charge in [-0.1, -0.05) is 20.3 Å². The van der Waals surface area contributed by atoms with Gasteiger partial charge in [-0.15, -0.1) is 0 Å². The first-order valence-electron chi connectivity index (χ1n) is 4.54. The van der Waals surface area contributed by atoms with E-state index >= 15 is 0 Å². The number of hydrogen-bond donors (Lipinski definition) is 1. The van der Waals surface area contributed by atoms with E-state index in [0.717, 1.165) is 18.0 Å². The maximum absolute atomic E-state index is 3.49. The second kappa shape index (κ2) is 5.67. The van der Waals surface area contributed by atoms with Crippen molar-refractivity contribution in [3.63, 3.8) is 0 Å². The van der Waals surface area contributed by atoms with Crippen molar-refractivity contribution in [1.82, 2.24) is 5.32 Å². The van der Waals surface area contributed by atoms with Crippen molar-refractivity contribution >= 4 is 0 Å². The second-order valence-electron chi connectivity index (χ2n) is 3.61. The third-order valence-electron chi connectivity index (χ3n) is 2.08. The van der Waals surface area contributed by atoms with Gasteiger partial charge in [-0.25, -0.2) is 0 Å². The zero-order valence-electron chi connectivity index (χ0n) is 7.93. The van der Waals surface area contributed by atoms with Gasteiger partial charge in [-0.05, 0) is 25.7 Å². The van der Waals surface area contributed by atoms with Crippen molar-refractivity contribution in [2.24, 2.45) is 5.92 Å². The van der Waals surface area contributed by atoms with Crippen LogP contribution < -0.4 is 5.32 Å². The molecule has 1 aliphatic carbocycles. The standard InChI is InChI=1S/C6H11N.C3H8.Y/c1-4-2-5-3-6(5)7-4;1-3-2;/h4-7H,2-3H2,1H3;3H2,1-2H3;. The Balaban J connectivity index is 0.000000225. The van der Waals surface area contributed by atoms with Gasteiger partial charge in [0, 0.05) is 44.8 Å². The van der Waals surface area contributed by atoms with E-state index in [-0.39, 0.29) is 32.7 Å². The Bertz CT molecular complexity index is 95.7. The molecule has 1 saturated carbocycles. The number of nitrogens with one attached hydrogen (secondary N) is 1. The minimum absolute atomic E-state index is 0. The third-order valence-corrected chi connectivity index (χ3v) is 2.08. The van der Waals surface area contributed by atoms with Gasteiger partial charge in [0.2, 0.25) is 0 Å². The van der Waals surface area contributed by atoms with Crippen LogP contribution in [0.5, 0.6) is 0 Å². The summed E-state index contributed by atoms with van der Waals surface area (Å²) in [5, 5.41) is 3.49. The van der Waals surface area contributed by atoms with Crippen LogP contribution in [0.4, 0.5) is 0 Å². The summed E-state index contributed by atoms with van der Waals surface area (Å²) in [6.07, 6.45) is 4.15. The molecule has 11 heavy (non-hydrogen) atoms. The molecule has 63 valence electrons. The average molecular weight is 230 g/mol. The fraction of sp³-hybridized carbons (Fsp3) is 1.00. The Kier molecular flexibility index (Phi) is 6.21. The van der Waals surface area contributed by atoms with Crippen molar-refractivity contribution in [2.45, 2.75) is 52.1 Å². The molecule has 3 atom stereocenters. The van der Waals surface area contributed by atoms with E-state index in [2.05, 4.69) is 26.1 Å². The van der Waals surface area contributed by atoms with E-state index in [1.807, 2.05) is 0 Å². The summed E-state index contributed by atoms with van der Waals surface area (Å²) >= 11 is 0. The Hall–Kier alpha value is 1.06. The predicted octanol–water partition coefficient (Wildman–Crippen LogP) is 2.17. The molecular formula is C9H19NY. The molecule has 2 heteroatoms. The van der Waals surface area contributed by atoms with Crippen molar-refractivity contribution in [3.05, 3.63) is 0 Å². The number of piperidine rings is 1. The summed E-state index contributed by atoms with van der Waals surface area (Å²) in [6.45, 7) is 6.52. The van der Waals surface area contributed by atoms with Crippen LogP contribution in [0.15, 0.2) is 0 Å². The van der Waals surface area contributed by atoms with Crippen molar-refractivity contribution in [2.75, 3.05) is 0 Å². The predicted molar refractivity (Wildman–Crippen MR) is 45.1 cm³/mol. The van der Waals surface area contributed by atoms with Crippen LogP contribution in [-0.2, 0) is 32.7 Å². The van der Waals surface area contributed by atoms with Crippen LogP contribution >= 0.6 is 0 Å². The van der Waals surface area contributed by atoms with Crippen LogP contribution in [-0.4, -0.2) is 12.1 Å². The molecule has 1 heterocycles. The summed E-state index contributed by atoms with van der Waals surface area (Å²) in [4.78, 5) is 0. The molecule has 1 radical (unpaired) electrons. The summed E-state index contributed by atoms with van der Waals surface area (Å²) in [5.41, 5.74) is 0. The molecule has 3 unspecified atom stereocenters. The van der Waals surface area contributed by atoms with Crippen LogP contribution in [0.3, 0.4) is 0 Å². The first kappa shape index (κ1) is 12.1. The summed E-state index contributed by atoms with van der Waals surface area (Å²) in [5.74, 6) is 1.08. The number of fused-ring (bicyclic) bond motifs is 1. The van der Waals surface area contributed by atoms with E-state index in [1.165, 1.54) is 19.3 Å². The third kappa shape index (κ3) is 4.01. The molecule has 1 aliphatic heterocycles.